The zero-order valence-electron chi connectivity index (χ0n) is 16.2. The summed E-state index contributed by atoms with van der Waals surface area (Å²) >= 11 is 0. The highest BCUT2D eigenvalue weighted by atomic mass is 16.5. The SMILES string of the molecule is Cc1cccc(CN2CCN(Cc3cnc(N4CCOCC4)nc3)CC2)c1. The summed E-state index contributed by atoms with van der Waals surface area (Å²) in [7, 11) is 0. The first kappa shape index (κ1) is 18.3. The third-order valence-corrected chi connectivity index (χ3v) is 5.35. The van der Waals surface area contributed by atoms with Gasteiger partial charge in [0.15, 0.2) is 0 Å². The molecular formula is C21H29N5O. The van der Waals surface area contributed by atoms with Gasteiger partial charge in [-0.15, -0.1) is 0 Å². The Morgan fingerprint density at radius 2 is 1.48 bits per heavy atom. The van der Waals surface area contributed by atoms with Gasteiger partial charge < -0.3 is 9.64 Å². The molecule has 3 heterocycles. The van der Waals surface area contributed by atoms with E-state index in [2.05, 4.69) is 55.9 Å². The predicted molar refractivity (Wildman–Crippen MR) is 107 cm³/mol. The molecule has 0 saturated carbocycles. The van der Waals surface area contributed by atoms with Crippen molar-refractivity contribution in [2.24, 2.45) is 0 Å². The van der Waals surface area contributed by atoms with E-state index in [1.54, 1.807) is 0 Å². The molecule has 0 unspecified atom stereocenters. The number of aryl methyl sites for hydroxylation is 1. The van der Waals surface area contributed by atoms with Gasteiger partial charge in [0.2, 0.25) is 5.95 Å². The van der Waals surface area contributed by atoms with Crippen molar-refractivity contribution in [2.45, 2.75) is 20.0 Å². The number of hydrogen-bond donors (Lipinski definition) is 0. The number of benzene rings is 1. The normalized spacial score (nSPS) is 19.4. The Balaban J connectivity index is 1.25. The van der Waals surface area contributed by atoms with E-state index in [9.17, 15) is 0 Å². The Labute approximate surface area is 161 Å². The number of aromatic nitrogens is 2. The molecule has 0 spiro atoms. The van der Waals surface area contributed by atoms with E-state index >= 15 is 0 Å². The fourth-order valence-corrected chi connectivity index (χ4v) is 3.79. The maximum Gasteiger partial charge on any atom is 0.225 e. The zero-order chi connectivity index (χ0) is 18.5. The van der Waals surface area contributed by atoms with Crippen LogP contribution in [0.3, 0.4) is 0 Å². The zero-order valence-corrected chi connectivity index (χ0v) is 16.2. The lowest BCUT2D eigenvalue weighted by Gasteiger charge is -2.34. The molecule has 27 heavy (non-hydrogen) atoms. The second-order valence-electron chi connectivity index (χ2n) is 7.53. The van der Waals surface area contributed by atoms with Crippen LogP contribution in [0.15, 0.2) is 36.7 Å². The minimum Gasteiger partial charge on any atom is -0.378 e. The van der Waals surface area contributed by atoms with Crippen LogP contribution in [0.25, 0.3) is 0 Å². The molecule has 144 valence electrons. The lowest BCUT2D eigenvalue weighted by atomic mass is 10.1. The van der Waals surface area contributed by atoms with Crippen LogP contribution in [0, 0.1) is 6.92 Å². The molecule has 2 fully saturated rings. The summed E-state index contributed by atoms with van der Waals surface area (Å²) in [4.78, 5) is 16.4. The summed E-state index contributed by atoms with van der Waals surface area (Å²) < 4.78 is 5.39. The first-order chi connectivity index (χ1) is 13.3. The summed E-state index contributed by atoms with van der Waals surface area (Å²) in [5.41, 5.74) is 3.95. The van der Waals surface area contributed by atoms with E-state index in [0.717, 1.165) is 71.5 Å². The second kappa shape index (κ2) is 8.78. The number of rotatable bonds is 5. The Hall–Kier alpha value is -2.02. The van der Waals surface area contributed by atoms with Gasteiger partial charge in [0.25, 0.3) is 0 Å². The molecule has 0 amide bonds. The van der Waals surface area contributed by atoms with Crippen molar-refractivity contribution in [2.75, 3.05) is 57.4 Å². The molecule has 2 aliphatic heterocycles. The fraction of sp³-hybridized carbons (Fsp3) is 0.524. The first-order valence-electron chi connectivity index (χ1n) is 9.90. The Morgan fingerprint density at radius 1 is 0.852 bits per heavy atom. The van der Waals surface area contributed by atoms with Crippen molar-refractivity contribution in [1.29, 1.82) is 0 Å². The number of ether oxygens (including phenoxy) is 1. The molecule has 6 nitrogen and oxygen atoms in total. The van der Waals surface area contributed by atoms with Gasteiger partial charge in [0.1, 0.15) is 0 Å². The number of hydrogen-bond acceptors (Lipinski definition) is 6. The maximum absolute atomic E-state index is 5.39. The number of anilines is 1. The number of piperazine rings is 1. The van der Waals surface area contributed by atoms with Gasteiger partial charge >= 0.3 is 0 Å². The highest BCUT2D eigenvalue weighted by Crippen LogP contribution is 2.14. The molecule has 0 radical (unpaired) electrons. The topological polar surface area (TPSA) is 44.7 Å². The maximum atomic E-state index is 5.39. The summed E-state index contributed by atoms with van der Waals surface area (Å²) in [5.74, 6) is 0.824. The van der Waals surface area contributed by atoms with E-state index in [1.807, 2.05) is 12.4 Å². The monoisotopic (exact) mass is 367 g/mol. The van der Waals surface area contributed by atoms with Gasteiger partial charge in [-0.3, -0.25) is 9.80 Å². The molecule has 1 aromatic heterocycles. The molecule has 2 saturated heterocycles. The predicted octanol–water partition coefficient (Wildman–Crippen LogP) is 1.94. The van der Waals surface area contributed by atoms with Crippen molar-refractivity contribution >= 4 is 5.95 Å². The van der Waals surface area contributed by atoms with E-state index in [-0.39, 0.29) is 0 Å². The molecular weight excluding hydrogens is 338 g/mol. The molecule has 2 aliphatic rings. The summed E-state index contributed by atoms with van der Waals surface area (Å²) in [5, 5.41) is 0. The van der Waals surface area contributed by atoms with Crippen molar-refractivity contribution in [1.82, 2.24) is 19.8 Å². The highest BCUT2D eigenvalue weighted by Gasteiger charge is 2.18. The third-order valence-electron chi connectivity index (χ3n) is 5.35. The van der Waals surface area contributed by atoms with Gasteiger partial charge in [0, 0.05) is 70.3 Å². The number of nitrogens with zero attached hydrogens (tertiary/aromatic N) is 5. The molecule has 6 heteroatoms. The summed E-state index contributed by atoms with van der Waals surface area (Å²) in [6.07, 6.45) is 3.97. The molecule has 1 aromatic carbocycles. The molecule has 0 N–H and O–H groups in total. The third kappa shape index (κ3) is 5.03. The van der Waals surface area contributed by atoms with Crippen molar-refractivity contribution in [3.05, 3.63) is 53.3 Å². The smallest absolute Gasteiger partial charge is 0.225 e. The van der Waals surface area contributed by atoms with Gasteiger partial charge in [0.05, 0.1) is 13.2 Å². The van der Waals surface area contributed by atoms with Gasteiger partial charge in [-0.2, -0.15) is 0 Å². The van der Waals surface area contributed by atoms with Crippen molar-refractivity contribution < 1.29 is 4.74 Å². The van der Waals surface area contributed by atoms with Gasteiger partial charge in [-0.05, 0) is 12.5 Å². The first-order valence-corrected chi connectivity index (χ1v) is 9.90. The van der Waals surface area contributed by atoms with Gasteiger partial charge in [-0.1, -0.05) is 29.8 Å². The van der Waals surface area contributed by atoms with Crippen LogP contribution in [-0.4, -0.2) is 72.3 Å². The minimum atomic E-state index is 0.762. The minimum absolute atomic E-state index is 0.762. The van der Waals surface area contributed by atoms with E-state index in [0.29, 0.717) is 0 Å². The Morgan fingerprint density at radius 3 is 2.11 bits per heavy atom. The largest absolute Gasteiger partial charge is 0.378 e. The highest BCUT2D eigenvalue weighted by molar-refractivity contribution is 5.30. The van der Waals surface area contributed by atoms with E-state index < -0.39 is 0 Å². The molecule has 4 rings (SSSR count). The van der Waals surface area contributed by atoms with Crippen molar-refractivity contribution in [3.63, 3.8) is 0 Å². The van der Waals surface area contributed by atoms with Crippen LogP contribution in [0.5, 0.6) is 0 Å². The molecule has 0 aliphatic carbocycles. The summed E-state index contributed by atoms with van der Waals surface area (Å²) in [6, 6.07) is 8.84. The Bertz CT molecular complexity index is 722. The van der Waals surface area contributed by atoms with E-state index in [4.69, 9.17) is 4.74 Å². The average Bonchev–Trinajstić information content (AvgIpc) is 2.71. The Kier molecular flexibility index (Phi) is 5.97. The average molecular weight is 367 g/mol. The van der Waals surface area contributed by atoms with Crippen LogP contribution in [0.2, 0.25) is 0 Å². The number of morpholine rings is 1. The van der Waals surface area contributed by atoms with E-state index in [1.165, 1.54) is 16.7 Å². The summed E-state index contributed by atoms with van der Waals surface area (Å²) in [6.45, 7) is 11.8. The van der Waals surface area contributed by atoms with Crippen LogP contribution in [0.1, 0.15) is 16.7 Å². The lowest BCUT2D eigenvalue weighted by molar-refractivity contribution is 0.121. The van der Waals surface area contributed by atoms with Crippen LogP contribution >= 0.6 is 0 Å². The molecule has 0 bridgehead atoms. The fourth-order valence-electron chi connectivity index (χ4n) is 3.79. The molecule has 0 atom stereocenters. The quantitative estimate of drug-likeness (QED) is 0.805. The van der Waals surface area contributed by atoms with Gasteiger partial charge in [-0.25, -0.2) is 9.97 Å². The lowest BCUT2D eigenvalue weighted by Crippen LogP contribution is -2.45. The van der Waals surface area contributed by atoms with Crippen LogP contribution < -0.4 is 4.90 Å². The van der Waals surface area contributed by atoms with Crippen molar-refractivity contribution in [3.8, 4) is 0 Å². The van der Waals surface area contributed by atoms with Crippen LogP contribution in [-0.2, 0) is 17.8 Å². The molecule has 2 aromatic rings. The second-order valence-corrected chi connectivity index (χ2v) is 7.53. The standard InChI is InChI=1S/C21H29N5O/c1-18-3-2-4-19(13-18)16-24-5-7-25(8-6-24)17-20-14-22-21(23-15-20)26-9-11-27-12-10-26/h2-4,13-15H,5-12,16-17H2,1H3. The van der Waals surface area contributed by atoms with Crippen LogP contribution in [0.4, 0.5) is 5.95 Å².